The molecule has 19 heavy (non-hydrogen) atoms. The van der Waals surface area contributed by atoms with E-state index in [0.29, 0.717) is 0 Å². The van der Waals surface area contributed by atoms with Crippen LogP contribution >= 0.6 is 23.4 Å². The number of thioether (sulfide) groups is 1. The summed E-state index contributed by atoms with van der Waals surface area (Å²) in [7, 11) is 1.06. The number of nitriles is 1. The quantitative estimate of drug-likeness (QED) is 0.485. The molecule has 0 aliphatic heterocycles. The lowest BCUT2D eigenvalue weighted by Gasteiger charge is -2.12. The summed E-state index contributed by atoms with van der Waals surface area (Å²) in [6.07, 6.45) is 0. The number of ether oxygens (including phenoxy) is 1. The Labute approximate surface area is 116 Å². The first-order valence-electron chi connectivity index (χ1n) is 4.79. The maximum atomic E-state index is 12.4. The molecule has 0 fully saturated rings. The van der Waals surface area contributed by atoms with E-state index in [0.717, 1.165) is 19.2 Å². The molecule has 0 spiro atoms. The molecule has 0 aliphatic rings. The normalized spacial score (nSPS) is 10.9. The minimum Gasteiger partial charge on any atom is -0.465 e. The molecule has 102 valence electrons. The van der Waals surface area contributed by atoms with Gasteiger partial charge in [0, 0.05) is 10.8 Å². The molecule has 0 atom stereocenters. The van der Waals surface area contributed by atoms with Crippen molar-refractivity contribution in [3.05, 3.63) is 28.8 Å². The van der Waals surface area contributed by atoms with Gasteiger partial charge in [-0.15, -0.1) is 11.6 Å². The summed E-state index contributed by atoms with van der Waals surface area (Å²) in [5.74, 6) is -1.01. The number of methoxy groups -OCH3 is 1. The number of hydrogen-bond acceptors (Lipinski definition) is 4. The van der Waals surface area contributed by atoms with E-state index in [1.165, 1.54) is 0 Å². The fraction of sp³-hybridized carbons (Fsp3) is 0.273. The SMILES string of the molecule is COC(=O)c1cc(CCl)c(C#N)cc1SC(F)(F)F. The van der Waals surface area contributed by atoms with E-state index in [-0.39, 0.29) is 27.5 Å². The number of esters is 1. The van der Waals surface area contributed by atoms with Crippen LogP contribution in [-0.2, 0) is 10.6 Å². The van der Waals surface area contributed by atoms with Crippen LogP contribution in [0.5, 0.6) is 0 Å². The fourth-order valence-corrected chi connectivity index (χ4v) is 2.22. The van der Waals surface area contributed by atoms with E-state index in [1.54, 1.807) is 6.07 Å². The summed E-state index contributed by atoms with van der Waals surface area (Å²) in [6.45, 7) is 0. The van der Waals surface area contributed by atoms with E-state index in [4.69, 9.17) is 16.9 Å². The number of carbonyl (C=O) groups is 1. The number of rotatable bonds is 3. The number of halogens is 4. The van der Waals surface area contributed by atoms with Gasteiger partial charge in [-0.3, -0.25) is 0 Å². The fourth-order valence-electron chi connectivity index (χ4n) is 1.32. The van der Waals surface area contributed by atoms with Gasteiger partial charge in [0.25, 0.3) is 0 Å². The van der Waals surface area contributed by atoms with Crippen molar-refractivity contribution in [3.63, 3.8) is 0 Å². The van der Waals surface area contributed by atoms with Crippen LogP contribution in [0.1, 0.15) is 21.5 Å². The van der Waals surface area contributed by atoms with Gasteiger partial charge in [0.15, 0.2) is 0 Å². The zero-order chi connectivity index (χ0) is 14.6. The van der Waals surface area contributed by atoms with Crippen LogP contribution in [0, 0.1) is 11.3 Å². The molecule has 1 aromatic carbocycles. The van der Waals surface area contributed by atoms with Crippen LogP contribution in [-0.4, -0.2) is 18.6 Å². The van der Waals surface area contributed by atoms with Crippen molar-refractivity contribution in [1.29, 1.82) is 5.26 Å². The lowest BCUT2D eigenvalue weighted by Crippen LogP contribution is -2.08. The molecule has 0 radical (unpaired) electrons. The number of carbonyl (C=O) groups excluding carboxylic acids is 1. The number of benzene rings is 1. The highest BCUT2D eigenvalue weighted by atomic mass is 35.5. The highest BCUT2D eigenvalue weighted by Crippen LogP contribution is 2.39. The first kappa shape index (κ1) is 15.7. The molecule has 0 saturated heterocycles. The molecular formula is C11H7ClF3NO2S. The van der Waals surface area contributed by atoms with Gasteiger partial charge in [-0.25, -0.2) is 4.79 Å². The predicted molar refractivity (Wildman–Crippen MR) is 64.0 cm³/mol. The second-order valence-corrected chi connectivity index (χ2v) is 4.66. The zero-order valence-electron chi connectivity index (χ0n) is 9.55. The molecule has 0 unspecified atom stereocenters. The van der Waals surface area contributed by atoms with Crippen LogP contribution in [0.2, 0.25) is 0 Å². The second kappa shape index (κ2) is 6.17. The summed E-state index contributed by atoms with van der Waals surface area (Å²) < 4.78 is 41.6. The Bertz CT molecular complexity index is 540. The highest BCUT2D eigenvalue weighted by Gasteiger charge is 2.32. The van der Waals surface area contributed by atoms with Crippen molar-refractivity contribution in [2.75, 3.05) is 7.11 Å². The summed E-state index contributed by atoms with van der Waals surface area (Å²) in [5, 5.41) is 8.84. The van der Waals surface area contributed by atoms with Crippen molar-refractivity contribution in [2.24, 2.45) is 0 Å². The number of nitrogens with zero attached hydrogens (tertiary/aromatic N) is 1. The standard InChI is InChI=1S/C11H7ClF3NO2S/c1-18-10(17)8-2-6(4-12)7(5-16)3-9(8)19-11(13,14)15/h2-3H,4H2,1H3. The minimum absolute atomic E-state index is 0.00518. The van der Waals surface area contributed by atoms with Gasteiger partial charge in [0.1, 0.15) is 0 Å². The Morgan fingerprint density at radius 3 is 2.58 bits per heavy atom. The third-order valence-corrected chi connectivity index (χ3v) is 3.18. The molecule has 1 aromatic rings. The average Bonchev–Trinajstić information content (AvgIpc) is 2.35. The lowest BCUT2D eigenvalue weighted by atomic mass is 10.1. The Balaban J connectivity index is 3.41. The summed E-state index contributed by atoms with van der Waals surface area (Å²) in [4.78, 5) is 11.1. The lowest BCUT2D eigenvalue weighted by molar-refractivity contribution is -0.0328. The number of alkyl halides is 4. The van der Waals surface area contributed by atoms with Crippen LogP contribution < -0.4 is 0 Å². The van der Waals surface area contributed by atoms with Crippen molar-refractivity contribution in [1.82, 2.24) is 0 Å². The third kappa shape index (κ3) is 4.04. The van der Waals surface area contributed by atoms with E-state index < -0.39 is 23.2 Å². The summed E-state index contributed by atoms with van der Waals surface area (Å²) in [6, 6.07) is 3.87. The topological polar surface area (TPSA) is 50.1 Å². The molecular weight excluding hydrogens is 303 g/mol. The molecule has 0 amide bonds. The molecule has 0 saturated carbocycles. The van der Waals surface area contributed by atoms with Crippen molar-refractivity contribution in [2.45, 2.75) is 16.3 Å². The summed E-state index contributed by atoms with van der Waals surface area (Å²) >= 11 is 5.11. The Hall–Kier alpha value is -1.39. The first-order valence-corrected chi connectivity index (χ1v) is 6.14. The Morgan fingerprint density at radius 2 is 2.16 bits per heavy atom. The van der Waals surface area contributed by atoms with Crippen LogP contribution in [0.4, 0.5) is 13.2 Å². The van der Waals surface area contributed by atoms with Gasteiger partial charge in [-0.1, -0.05) is 0 Å². The van der Waals surface area contributed by atoms with Crippen molar-refractivity contribution >= 4 is 29.3 Å². The predicted octanol–water partition coefficient (Wildman–Crippen LogP) is 3.70. The van der Waals surface area contributed by atoms with E-state index in [9.17, 15) is 18.0 Å². The molecule has 0 N–H and O–H groups in total. The second-order valence-electron chi connectivity index (χ2n) is 3.29. The monoisotopic (exact) mass is 309 g/mol. The van der Waals surface area contributed by atoms with Gasteiger partial charge in [-0.2, -0.15) is 18.4 Å². The van der Waals surface area contributed by atoms with Gasteiger partial charge in [0.2, 0.25) is 0 Å². The first-order chi connectivity index (χ1) is 8.82. The number of hydrogen-bond donors (Lipinski definition) is 0. The van der Waals surface area contributed by atoms with Gasteiger partial charge < -0.3 is 4.74 Å². The molecule has 8 heteroatoms. The van der Waals surface area contributed by atoms with Crippen molar-refractivity contribution < 1.29 is 22.7 Å². The maximum Gasteiger partial charge on any atom is 0.446 e. The Morgan fingerprint density at radius 1 is 1.53 bits per heavy atom. The van der Waals surface area contributed by atoms with Gasteiger partial charge >= 0.3 is 11.5 Å². The van der Waals surface area contributed by atoms with E-state index in [1.807, 2.05) is 0 Å². The molecule has 0 heterocycles. The van der Waals surface area contributed by atoms with Crippen molar-refractivity contribution in [3.8, 4) is 6.07 Å². The zero-order valence-corrected chi connectivity index (χ0v) is 11.1. The molecule has 0 aliphatic carbocycles. The molecule has 3 nitrogen and oxygen atoms in total. The smallest absolute Gasteiger partial charge is 0.446 e. The third-order valence-electron chi connectivity index (χ3n) is 2.10. The molecule has 0 bridgehead atoms. The van der Waals surface area contributed by atoms with Crippen LogP contribution in [0.25, 0.3) is 0 Å². The maximum absolute atomic E-state index is 12.4. The van der Waals surface area contributed by atoms with Crippen LogP contribution in [0.15, 0.2) is 17.0 Å². The average molecular weight is 310 g/mol. The minimum atomic E-state index is -4.57. The van der Waals surface area contributed by atoms with E-state index >= 15 is 0 Å². The van der Waals surface area contributed by atoms with Gasteiger partial charge in [0.05, 0.1) is 24.3 Å². The highest BCUT2D eigenvalue weighted by molar-refractivity contribution is 8.00. The largest absolute Gasteiger partial charge is 0.465 e. The van der Waals surface area contributed by atoms with Crippen LogP contribution in [0.3, 0.4) is 0 Å². The van der Waals surface area contributed by atoms with Gasteiger partial charge in [-0.05, 0) is 29.5 Å². The molecule has 1 rings (SSSR count). The van der Waals surface area contributed by atoms with E-state index in [2.05, 4.69) is 4.74 Å². The Kier molecular flexibility index (Phi) is 5.09. The molecule has 0 aromatic heterocycles. The summed E-state index contributed by atoms with van der Waals surface area (Å²) in [5.41, 5.74) is -4.57.